The summed E-state index contributed by atoms with van der Waals surface area (Å²) in [6, 6.07) is 16.1. The van der Waals surface area contributed by atoms with Crippen molar-refractivity contribution in [2.45, 2.75) is 57.1 Å². The molecule has 9 heteroatoms. The second kappa shape index (κ2) is 10.0. The quantitative estimate of drug-likeness (QED) is 0.407. The predicted octanol–water partition coefficient (Wildman–Crippen LogP) is 5.12. The molecule has 2 saturated carbocycles. The lowest BCUT2D eigenvalue weighted by atomic mass is 9.92. The van der Waals surface area contributed by atoms with Gasteiger partial charge < -0.3 is 14.0 Å². The molecule has 194 valence electrons. The third kappa shape index (κ3) is 5.19. The van der Waals surface area contributed by atoms with E-state index >= 15 is 0 Å². The molecule has 6 rings (SSSR count). The van der Waals surface area contributed by atoms with E-state index < -0.39 is 10.2 Å². The summed E-state index contributed by atoms with van der Waals surface area (Å²) in [5.41, 5.74) is 3.91. The standard InChI is InChI=1S/C28H32N4O4S/c29-17-26-25-11-10-24(36-23-12-14-35-15-13-23)16-27(25)32(22-2-1-3-22)28(26)20-6-8-21(9-7-20)31-37(33,34)30-18-19-4-5-19/h6-11,16,19,22-23,30-31H,1-5,12-15,18H2. The summed E-state index contributed by atoms with van der Waals surface area (Å²) in [6.45, 7) is 1.91. The molecular weight excluding hydrogens is 488 g/mol. The zero-order valence-electron chi connectivity index (χ0n) is 20.8. The lowest BCUT2D eigenvalue weighted by Gasteiger charge is -2.30. The number of nitrogens with one attached hydrogen (secondary N) is 2. The number of nitriles is 1. The minimum absolute atomic E-state index is 0.142. The van der Waals surface area contributed by atoms with Crippen LogP contribution in [0.4, 0.5) is 5.69 Å². The van der Waals surface area contributed by atoms with Gasteiger partial charge in [0.05, 0.1) is 30.0 Å². The topological polar surface area (TPSA) is 105 Å². The first-order chi connectivity index (χ1) is 18.0. The van der Waals surface area contributed by atoms with Gasteiger partial charge >= 0.3 is 0 Å². The maximum atomic E-state index is 12.4. The molecule has 0 spiro atoms. The van der Waals surface area contributed by atoms with Crippen LogP contribution in [0.2, 0.25) is 0 Å². The average molecular weight is 521 g/mol. The Balaban J connectivity index is 1.33. The molecule has 3 aliphatic rings. The van der Waals surface area contributed by atoms with Crippen molar-refractivity contribution in [2.24, 2.45) is 5.92 Å². The van der Waals surface area contributed by atoms with Crippen LogP contribution in [0, 0.1) is 17.2 Å². The molecule has 1 aromatic heterocycles. The Morgan fingerprint density at radius 3 is 2.43 bits per heavy atom. The molecule has 3 fully saturated rings. The first-order valence-electron chi connectivity index (χ1n) is 13.2. The molecular formula is C28H32N4O4S. The lowest BCUT2D eigenvalue weighted by molar-refractivity contribution is 0.0256. The van der Waals surface area contributed by atoms with Crippen LogP contribution in [0.15, 0.2) is 42.5 Å². The van der Waals surface area contributed by atoms with Crippen LogP contribution >= 0.6 is 0 Å². The molecule has 2 aromatic carbocycles. The van der Waals surface area contributed by atoms with Gasteiger partial charge in [-0.05, 0) is 67.9 Å². The fourth-order valence-electron chi connectivity index (χ4n) is 5.21. The summed E-state index contributed by atoms with van der Waals surface area (Å²) in [6.07, 6.45) is 7.36. The van der Waals surface area contributed by atoms with E-state index in [9.17, 15) is 13.7 Å². The van der Waals surface area contributed by atoms with Crippen molar-refractivity contribution < 1.29 is 17.9 Å². The first-order valence-corrected chi connectivity index (χ1v) is 14.7. The van der Waals surface area contributed by atoms with Crippen molar-refractivity contribution in [3.8, 4) is 23.1 Å². The summed E-state index contributed by atoms with van der Waals surface area (Å²) in [7, 11) is -3.61. The first kappa shape index (κ1) is 24.3. The molecule has 0 amide bonds. The third-order valence-electron chi connectivity index (χ3n) is 7.67. The highest BCUT2D eigenvalue weighted by atomic mass is 32.2. The number of hydrogen-bond acceptors (Lipinski definition) is 5. The Bertz CT molecular complexity index is 1430. The highest BCUT2D eigenvalue weighted by molar-refractivity contribution is 7.90. The Kier molecular flexibility index (Phi) is 6.57. The van der Waals surface area contributed by atoms with E-state index in [0.29, 0.717) is 29.8 Å². The van der Waals surface area contributed by atoms with E-state index in [1.807, 2.05) is 24.3 Å². The average Bonchev–Trinajstić information content (AvgIpc) is 3.65. The van der Waals surface area contributed by atoms with Crippen LogP contribution in [0.3, 0.4) is 0 Å². The van der Waals surface area contributed by atoms with E-state index in [0.717, 1.165) is 79.6 Å². The van der Waals surface area contributed by atoms with Crippen molar-refractivity contribution in [3.05, 3.63) is 48.0 Å². The van der Waals surface area contributed by atoms with Crippen LogP contribution in [-0.2, 0) is 14.9 Å². The Morgan fingerprint density at radius 2 is 1.78 bits per heavy atom. The molecule has 0 atom stereocenters. The number of benzene rings is 2. The molecule has 37 heavy (non-hydrogen) atoms. The van der Waals surface area contributed by atoms with Crippen LogP contribution in [-0.4, -0.2) is 38.8 Å². The van der Waals surface area contributed by atoms with Crippen molar-refractivity contribution in [2.75, 3.05) is 24.5 Å². The van der Waals surface area contributed by atoms with Crippen molar-refractivity contribution in [3.63, 3.8) is 0 Å². The summed E-state index contributed by atoms with van der Waals surface area (Å²) < 4.78 is 44.0. The predicted molar refractivity (Wildman–Crippen MR) is 143 cm³/mol. The minimum atomic E-state index is -3.61. The number of fused-ring (bicyclic) bond motifs is 1. The summed E-state index contributed by atoms with van der Waals surface area (Å²) >= 11 is 0. The van der Waals surface area contributed by atoms with Gasteiger partial charge in [0.2, 0.25) is 0 Å². The number of nitrogens with zero attached hydrogens (tertiary/aromatic N) is 2. The van der Waals surface area contributed by atoms with Crippen molar-refractivity contribution >= 4 is 26.8 Å². The molecule has 8 nitrogen and oxygen atoms in total. The highest BCUT2D eigenvalue weighted by Crippen LogP contribution is 2.43. The maximum absolute atomic E-state index is 12.4. The normalized spacial score (nSPS) is 18.9. The van der Waals surface area contributed by atoms with Crippen LogP contribution < -0.4 is 14.2 Å². The van der Waals surface area contributed by atoms with Gasteiger partial charge in [0.25, 0.3) is 10.2 Å². The number of ether oxygens (including phenoxy) is 2. The van der Waals surface area contributed by atoms with Crippen LogP contribution in [0.5, 0.6) is 5.75 Å². The maximum Gasteiger partial charge on any atom is 0.299 e. The van der Waals surface area contributed by atoms with Gasteiger partial charge in [-0.25, -0.2) is 0 Å². The zero-order valence-corrected chi connectivity index (χ0v) is 21.6. The van der Waals surface area contributed by atoms with E-state index in [2.05, 4.69) is 26.1 Å². The van der Waals surface area contributed by atoms with Gasteiger partial charge in [0.15, 0.2) is 0 Å². The van der Waals surface area contributed by atoms with Gasteiger partial charge in [0.1, 0.15) is 17.9 Å². The fourth-order valence-corrected chi connectivity index (χ4v) is 6.18. The molecule has 2 heterocycles. The zero-order chi connectivity index (χ0) is 25.4. The molecule has 0 unspecified atom stereocenters. The summed E-state index contributed by atoms with van der Waals surface area (Å²) in [4.78, 5) is 0. The van der Waals surface area contributed by atoms with E-state index in [1.54, 1.807) is 12.1 Å². The number of rotatable bonds is 9. The third-order valence-corrected chi connectivity index (χ3v) is 8.72. The second-order valence-electron chi connectivity index (χ2n) is 10.4. The minimum Gasteiger partial charge on any atom is -0.490 e. The molecule has 1 saturated heterocycles. The monoisotopic (exact) mass is 520 g/mol. The molecule has 2 aliphatic carbocycles. The van der Waals surface area contributed by atoms with Gasteiger partial charge in [-0.3, -0.25) is 4.72 Å². The smallest absolute Gasteiger partial charge is 0.299 e. The van der Waals surface area contributed by atoms with Crippen molar-refractivity contribution in [1.29, 1.82) is 5.26 Å². The van der Waals surface area contributed by atoms with Crippen molar-refractivity contribution in [1.82, 2.24) is 9.29 Å². The largest absolute Gasteiger partial charge is 0.490 e. The highest BCUT2D eigenvalue weighted by Gasteiger charge is 2.28. The summed E-state index contributed by atoms with van der Waals surface area (Å²) in [5, 5.41) is 11.1. The lowest BCUT2D eigenvalue weighted by Crippen LogP contribution is -2.31. The van der Waals surface area contributed by atoms with E-state index in [1.165, 1.54) is 6.42 Å². The molecule has 2 N–H and O–H groups in total. The summed E-state index contributed by atoms with van der Waals surface area (Å²) in [5.74, 6) is 1.27. The van der Waals surface area contributed by atoms with Crippen LogP contribution in [0.25, 0.3) is 22.2 Å². The van der Waals surface area contributed by atoms with Gasteiger partial charge in [-0.1, -0.05) is 12.1 Å². The van der Waals surface area contributed by atoms with Gasteiger partial charge in [0, 0.05) is 42.6 Å². The molecule has 1 aliphatic heterocycles. The van der Waals surface area contributed by atoms with Gasteiger partial charge in [-0.2, -0.15) is 18.4 Å². The second-order valence-corrected chi connectivity index (χ2v) is 11.9. The molecule has 0 bridgehead atoms. The Hall–Kier alpha value is -3.06. The number of hydrogen-bond donors (Lipinski definition) is 2. The fraction of sp³-hybridized carbons (Fsp3) is 0.464. The van der Waals surface area contributed by atoms with E-state index in [-0.39, 0.29) is 6.10 Å². The molecule has 3 aromatic rings. The molecule has 0 radical (unpaired) electrons. The number of anilines is 1. The number of aromatic nitrogens is 1. The SMILES string of the molecule is N#Cc1c(-c2ccc(NS(=O)(=O)NCC3CC3)cc2)n(C2CCC2)c2cc(OC3CCOCC3)ccc12. The van der Waals surface area contributed by atoms with Gasteiger partial charge in [-0.15, -0.1) is 0 Å². The van der Waals surface area contributed by atoms with Crippen LogP contribution in [0.1, 0.15) is 56.6 Å². The Labute approximate surface area is 217 Å². The Morgan fingerprint density at radius 1 is 1.03 bits per heavy atom. The van der Waals surface area contributed by atoms with E-state index in [4.69, 9.17) is 9.47 Å².